The molecular formula is C12H23N3. The fourth-order valence-electron chi connectivity index (χ4n) is 1.36. The van der Waals surface area contributed by atoms with E-state index >= 15 is 0 Å². The van der Waals surface area contributed by atoms with E-state index in [1.54, 1.807) is 6.20 Å². The maximum absolute atomic E-state index is 4.12. The summed E-state index contributed by atoms with van der Waals surface area (Å²) in [6.45, 7) is 4.94. The van der Waals surface area contributed by atoms with Gasteiger partial charge in [0.15, 0.2) is 0 Å². The van der Waals surface area contributed by atoms with Crippen LogP contribution in [0.15, 0.2) is 24.5 Å². The van der Waals surface area contributed by atoms with Gasteiger partial charge in [0.2, 0.25) is 0 Å². The van der Waals surface area contributed by atoms with E-state index in [4.69, 9.17) is 0 Å². The predicted octanol–water partition coefficient (Wildman–Crippen LogP) is 1.93. The summed E-state index contributed by atoms with van der Waals surface area (Å²) in [4.78, 5) is 6.30. The fourth-order valence-corrected chi connectivity index (χ4v) is 1.36. The van der Waals surface area contributed by atoms with Gasteiger partial charge in [-0.25, -0.2) is 0 Å². The molecule has 1 unspecified atom stereocenters. The van der Waals surface area contributed by atoms with Gasteiger partial charge in [-0.2, -0.15) is 0 Å². The van der Waals surface area contributed by atoms with Crippen LogP contribution in [0.2, 0.25) is 0 Å². The molecule has 0 aromatic carbocycles. The molecule has 0 bridgehead atoms. The third-order valence-corrected chi connectivity index (χ3v) is 2.09. The standard InChI is InChI=1S/C10H17N3.C2H6/c1-11-8-10(13(2)3)9-5-4-6-12-7-9;1-2/h4-7,10-11H,8H2,1-3H3;1-2H3. The van der Waals surface area contributed by atoms with Crippen molar-refractivity contribution in [3.05, 3.63) is 30.1 Å². The van der Waals surface area contributed by atoms with Crippen LogP contribution in [0.3, 0.4) is 0 Å². The van der Waals surface area contributed by atoms with E-state index in [1.165, 1.54) is 5.56 Å². The molecule has 0 aliphatic rings. The Morgan fingerprint density at radius 1 is 1.40 bits per heavy atom. The highest BCUT2D eigenvalue weighted by atomic mass is 15.1. The maximum Gasteiger partial charge on any atom is 0.0482 e. The van der Waals surface area contributed by atoms with E-state index in [9.17, 15) is 0 Å². The summed E-state index contributed by atoms with van der Waals surface area (Å²) in [6.07, 6.45) is 3.72. The zero-order valence-electron chi connectivity index (χ0n) is 10.5. The Balaban J connectivity index is 0.000000921. The Morgan fingerprint density at radius 3 is 2.47 bits per heavy atom. The Hall–Kier alpha value is -0.930. The van der Waals surface area contributed by atoms with Gasteiger partial charge >= 0.3 is 0 Å². The van der Waals surface area contributed by atoms with Gasteiger partial charge in [0.1, 0.15) is 0 Å². The number of nitrogens with one attached hydrogen (secondary N) is 1. The minimum atomic E-state index is 0.402. The SMILES string of the molecule is CC.CNCC(c1cccnc1)N(C)C. The lowest BCUT2D eigenvalue weighted by molar-refractivity contribution is 0.293. The molecule has 0 radical (unpaired) electrons. The topological polar surface area (TPSA) is 28.2 Å². The zero-order chi connectivity index (χ0) is 11.7. The third kappa shape index (κ3) is 4.91. The van der Waals surface area contributed by atoms with Crippen molar-refractivity contribution in [1.29, 1.82) is 0 Å². The number of hydrogen-bond donors (Lipinski definition) is 1. The Bertz CT molecular complexity index is 234. The molecule has 86 valence electrons. The molecule has 0 saturated carbocycles. The van der Waals surface area contributed by atoms with Crippen molar-refractivity contribution < 1.29 is 0 Å². The van der Waals surface area contributed by atoms with Gasteiger partial charge in [-0.05, 0) is 32.8 Å². The maximum atomic E-state index is 4.12. The molecule has 1 aromatic heterocycles. The monoisotopic (exact) mass is 209 g/mol. The minimum absolute atomic E-state index is 0.402. The van der Waals surface area contributed by atoms with Crippen LogP contribution in [0.4, 0.5) is 0 Å². The largest absolute Gasteiger partial charge is 0.318 e. The van der Waals surface area contributed by atoms with Crippen LogP contribution in [-0.4, -0.2) is 37.6 Å². The molecule has 0 fully saturated rings. The second-order valence-corrected chi connectivity index (χ2v) is 3.32. The van der Waals surface area contributed by atoms with Gasteiger partial charge in [-0.3, -0.25) is 4.98 Å². The summed E-state index contributed by atoms with van der Waals surface area (Å²) in [5.41, 5.74) is 1.25. The highest BCUT2D eigenvalue weighted by molar-refractivity contribution is 5.14. The first-order chi connectivity index (χ1) is 7.25. The molecule has 1 aromatic rings. The van der Waals surface area contributed by atoms with E-state index in [1.807, 2.05) is 33.2 Å². The number of nitrogens with zero attached hydrogens (tertiary/aromatic N) is 2. The first-order valence-corrected chi connectivity index (χ1v) is 5.46. The lowest BCUT2D eigenvalue weighted by Gasteiger charge is -2.23. The molecule has 1 atom stereocenters. The van der Waals surface area contributed by atoms with Crippen LogP contribution in [-0.2, 0) is 0 Å². The molecular weight excluding hydrogens is 186 g/mol. The van der Waals surface area contributed by atoms with Crippen molar-refractivity contribution in [2.24, 2.45) is 0 Å². The van der Waals surface area contributed by atoms with Gasteiger partial charge in [0, 0.05) is 25.0 Å². The van der Waals surface area contributed by atoms with Gasteiger partial charge < -0.3 is 10.2 Å². The molecule has 1 heterocycles. The van der Waals surface area contributed by atoms with E-state index in [-0.39, 0.29) is 0 Å². The highest BCUT2D eigenvalue weighted by Gasteiger charge is 2.11. The highest BCUT2D eigenvalue weighted by Crippen LogP contribution is 2.15. The van der Waals surface area contributed by atoms with Crippen molar-refractivity contribution in [3.8, 4) is 0 Å². The zero-order valence-corrected chi connectivity index (χ0v) is 10.5. The molecule has 0 aliphatic carbocycles. The lowest BCUT2D eigenvalue weighted by atomic mass is 10.1. The number of rotatable bonds is 4. The number of likely N-dealkylation sites (N-methyl/N-ethyl adjacent to an activating group) is 2. The Labute approximate surface area is 93.5 Å². The average Bonchev–Trinajstić information content (AvgIpc) is 2.29. The van der Waals surface area contributed by atoms with Crippen LogP contribution >= 0.6 is 0 Å². The summed E-state index contributed by atoms with van der Waals surface area (Å²) in [5.74, 6) is 0. The lowest BCUT2D eigenvalue weighted by Crippen LogP contribution is -2.29. The number of pyridine rings is 1. The molecule has 0 saturated heterocycles. The van der Waals surface area contributed by atoms with Crippen LogP contribution in [0.5, 0.6) is 0 Å². The van der Waals surface area contributed by atoms with Crippen molar-refractivity contribution in [2.45, 2.75) is 19.9 Å². The summed E-state index contributed by atoms with van der Waals surface area (Å²) < 4.78 is 0. The van der Waals surface area contributed by atoms with Gasteiger partial charge in [0.25, 0.3) is 0 Å². The van der Waals surface area contributed by atoms with E-state index < -0.39 is 0 Å². The van der Waals surface area contributed by atoms with Crippen LogP contribution in [0.25, 0.3) is 0 Å². The second-order valence-electron chi connectivity index (χ2n) is 3.32. The van der Waals surface area contributed by atoms with E-state index in [2.05, 4.69) is 35.4 Å². The molecule has 3 nitrogen and oxygen atoms in total. The summed E-state index contributed by atoms with van der Waals surface area (Å²) >= 11 is 0. The van der Waals surface area contributed by atoms with Crippen LogP contribution in [0.1, 0.15) is 25.5 Å². The molecule has 0 spiro atoms. The molecule has 15 heavy (non-hydrogen) atoms. The van der Waals surface area contributed by atoms with Gasteiger partial charge in [-0.15, -0.1) is 0 Å². The third-order valence-electron chi connectivity index (χ3n) is 2.09. The molecule has 1 rings (SSSR count). The fraction of sp³-hybridized carbons (Fsp3) is 0.583. The van der Waals surface area contributed by atoms with E-state index in [0.717, 1.165) is 6.54 Å². The van der Waals surface area contributed by atoms with Gasteiger partial charge in [-0.1, -0.05) is 19.9 Å². The first kappa shape index (κ1) is 14.1. The smallest absolute Gasteiger partial charge is 0.0482 e. The summed E-state index contributed by atoms with van der Waals surface area (Å²) in [7, 11) is 6.12. The van der Waals surface area contributed by atoms with Crippen molar-refractivity contribution in [3.63, 3.8) is 0 Å². The van der Waals surface area contributed by atoms with Crippen molar-refractivity contribution in [2.75, 3.05) is 27.7 Å². The number of hydrogen-bond acceptors (Lipinski definition) is 3. The normalized spacial score (nSPS) is 11.9. The molecule has 1 N–H and O–H groups in total. The molecule has 0 aliphatic heterocycles. The van der Waals surface area contributed by atoms with Crippen LogP contribution < -0.4 is 5.32 Å². The minimum Gasteiger partial charge on any atom is -0.318 e. The summed E-state index contributed by atoms with van der Waals surface area (Å²) in [6, 6.07) is 4.48. The van der Waals surface area contributed by atoms with Gasteiger partial charge in [0.05, 0.1) is 0 Å². The quantitative estimate of drug-likeness (QED) is 0.821. The van der Waals surface area contributed by atoms with Crippen molar-refractivity contribution >= 4 is 0 Å². The van der Waals surface area contributed by atoms with E-state index in [0.29, 0.717) is 6.04 Å². The molecule has 3 heteroatoms. The average molecular weight is 209 g/mol. The van der Waals surface area contributed by atoms with Crippen molar-refractivity contribution in [1.82, 2.24) is 15.2 Å². The Kier molecular flexibility index (Phi) is 7.86. The number of aromatic nitrogens is 1. The van der Waals surface area contributed by atoms with Crippen LogP contribution in [0, 0.1) is 0 Å². The molecule has 0 amide bonds. The Morgan fingerprint density at radius 2 is 2.07 bits per heavy atom. The second kappa shape index (κ2) is 8.38. The first-order valence-electron chi connectivity index (χ1n) is 5.46. The predicted molar refractivity (Wildman–Crippen MR) is 65.9 cm³/mol. The summed E-state index contributed by atoms with van der Waals surface area (Å²) in [5, 5.41) is 3.18.